The molecular weight excluding hydrogens is 228 g/mol. The quantitative estimate of drug-likeness (QED) is 0.823. The van der Waals surface area contributed by atoms with Gasteiger partial charge in [0.25, 0.3) is 0 Å². The van der Waals surface area contributed by atoms with Gasteiger partial charge in [0.15, 0.2) is 0 Å². The van der Waals surface area contributed by atoms with Gasteiger partial charge in [0.1, 0.15) is 6.04 Å². The number of carbonyl (C=O) groups is 1. The van der Waals surface area contributed by atoms with Gasteiger partial charge in [-0.2, -0.15) is 0 Å². The van der Waals surface area contributed by atoms with Crippen LogP contribution in [-0.4, -0.2) is 35.7 Å². The lowest BCUT2D eigenvalue weighted by atomic mass is 9.97. The van der Waals surface area contributed by atoms with Crippen molar-refractivity contribution < 1.29 is 9.90 Å². The third-order valence-electron chi connectivity index (χ3n) is 3.30. The van der Waals surface area contributed by atoms with E-state index in [1.165, 1.54) is 0 Å². The van der Waals surface area contributed by atoms with Crippen LogP contribution in [0, 0.1) is 6.92 Å². The Kier molecular flexibility index (Phi) is 3.30. The van der Waals surface area contributed by atoms with Gasteiger partial charge in [-0.25, -0.2) is 0 Å². The number of aryl methyl sites for hydroxylation is 1. The largest absolute Gasteiger partial charge is 0.394 e. The molecular formula is C14H20N2O2. The van der Waals surface area contributed by atoms with Gasteiger partial charge in [-0.3, -0.25) is 4.79 Å². The first-order chi connectivity index (χ1) is 8.44. The monoisotopic (exact) mass is 248 g/mol. The normalized spacial score (nSPS) is 22.8. The number of rotatable bonds is 2. The zero-order valence-electron chi connectivity index (χ0n) is 11.1. The molecule has 4 nitrogen and oxygen atoms in total. The summed E-state index contributed by atoms with van der Waals surface area (Å²) in [6, 6.07) is 7.44. The molecule has 0 radical (unpaired) electrons. The van der Waals surface area contributed by atoms with Crippen molar-refractivity contribution in [1.82, 2.24) is 5.32 Å². The minimum atomic E-state index is -0.501. The van der Waals surface area contributed by atoms with Crippen molar-refractivity contribution in [2.24, 2.45) is 0 Å². The highest BCUT2D eigenvalue weighted by molar-refractivity contribution is 5.88. The molecule has 0 bridgehead atoms. The predicted molar refractivity (Wildman–Crippen MR) is 71.6 cm³/mol. The second kappa shape index (κ2) is 4.61. The fourth-order valence-corrected chi connectivity index (χ4v) is 2.45. The number of para-hydroxylation sites is 1. The summed E-state index contributed by atoms with van der Waals surface area (Å²) < 4.78 is 0. The number of nitrogens with one attached hydrogen (secondary N) is 1. The van der Waals surface area contributed by atoms with Crippen molar-refractivity contribution in [3.63, 3.8) is 0 Å². The number of nitrogens with zero attached hydrogens (tertiary/aromatic N) is 1. The lowest BCUT2D eigenvalue weighted by Crippen LogP contribution is -2.66. The predicted octanol–water partition coefficient (Wildman–Crippen LogP) is 1.07. The standard InChI is InChI=1S/C14H20N2O2/c1-10-6-4-5-7-11(10)16-9-14(2,3)15-13(18)12(16)8-17/h4-7,12,17H,8-9H2,1-3H3,(H,15,18). The average Bonchev–Trinajstić information content (AvgIpc) is 2.27. The Balaban J connectivity index is 2.39. The molecule has 1 aliphatic rings. The molecule has 1 fully saturated rings. The third-order valence-corrected chi connectivity index (χ3v) is 3.30. The van der Waals surface area contributed by atoms with E-state index in [1.807, 2.05) is 49.9 Å². The Morgan fingerprint density at radius 3 is 2.72 bits per heavy atom. The Morgan fingerprint density at radius 1 is 1.44 bits per heavy atom. The SMILES string of the molecule is Cc1ccccc1N1CC(C)(C)NC(=O)C1CO. The van der Waals surface area contributed by atoms with E-state index in [9.17, 15) is 9.90 Å². The lowest BCUT2D eigenvalue weighted by Gasteiger charge is -2.44. The van der Waals surface area contributed by atoms with Gasteiger partial charge in [-0.1, -0.05) is 18.2 Å². The highest BCUT2D eigenvalue weighted by Gasteiger charge is 2.38. The van der Waals surface area contributed by atoms with E-state index in [4.69, 9.17) is 0 Å². The van der Waals surface area contributed by atoms with Gasteiger partial charge in [-0.15, -0.1) is 0 Å². The number of hydrogen-bond acceptors (Lipinski definition) is 3. The van der Waals surface area contributed by atoms with Crippen LogP contribution in [0.1, 0.15) is 19.4 Å². The summed E-state index contributed by atoms with van der Waals surface area (Å²) >= 11 is 0. The molecule has 1 amide bonds. The van der Waals surface area contributed by atoms with Crippen molar-refractivity contribution >= 4 is 11.6 Å². The number of amides is 1. The summed E-state index contributed by atoms with van der Waals surface area (Å²) in [5.41, 5.74) is 1.84. The van der Waals surface area contributed by atoms with Crippen LogP contribution >= 0.6 is 0 Å². The number of aliphatic hydroxyl groups excluding tert-OH is 1. The second-order valence-corrected chi connectivity index (χ2v) is 5.49. The molecule has 0 saturated carbocycles. The van der Waals surface area contributed by atoms with E-state index in [0.717, 1.165) is 11.3 Å². The molecule has 1 aromatic carbocycles. The summed E-state index contributed by atoms with van der Waals surface area (Å²) in [7, 11) is 0. The van der Waals surface area contributed by atoms with Crippen LogP contribution in [0.5, 0.6) is 0 Å². The van der Waals surface area contributed by atoms with Crippen molar-refractivity contribution in [1.29, 1.82) is 0 Å². The summed E-state index contributed by atoms with van der Waals surface area (Å²) in [6.07, 6.45) is 0. The molecule has 1 atom stereocenters. The van der Waals surface area contributed by atoms with E-state index < -0.39 is 6.04 Å². The van der Waals surface area contributed by atoms with Crippen LogP contribution < -0.4 is 10.2 Å². The Bertz CT molecular complexity index is 457. The van der Waals surface area contributed by atoms with Gasteiger partial charge in [0.05, 0.1) is 12.1 Å². The van der Waals surface area contributed by atoms with E-state index >= 15 is 0 Å². The van der Waals surface area contributed by atoms with Crippen molar-refractivity contribution in [3.05, 3.63) is 29.8 Å². The number of benzene rings is 1. The lowest BCUT2D eigenvalue weighted by molar-refractivity contribution is -0.126. The Hall–Kier alpha value is -1.55. The summed E-state index contributed by atoms with van der Waals surface area (Å²) in [5, 5.41) is 12.4. The topological polar surface area (TPSA) is 52.6 Å². The first-order valence-electron chi connectivity index (χ1n) is 6.20. The van der Waals surface area contributed by atoms with Crippen molar-refractivity contribution in [2.75, 3.05) is 18.1 Å². The second-order valence-electron chi connectivity index (χ2n) is 5.49. The highest BCUT2D eigenvalue weighted by Crippen LogP contribution is 2.26. The van der Waals surface area contributed by atoms with Crippen LogP contribution in [0.25, 0.3) is 0 Å². The first-order valence-corrected chi connectivity index (χ1v) is 6.20. The van der Waals surface area contributed by atoms with Crippen LogP contribution in [0.2, 0.25) is 0 Å². The van der Waals surface area contributed by atoms with Crippen LogP contribution in [0.4, 0.5) is 5.69 Å². The molecule has 1 aromatic rings. The summed E-state index contributed by atoms with van der Waals surface area (Å²) in [4.78, 5) is 14.0. The zero-order valence-corrected chi connectivity index (χ0v) is 11.1. The van der Waals surface area contributed by atoms with E-state index in [0.29, 0.717) is 6.54 Å². The molecule has 2 rings (SSSR count). The molecule has 0 aliphatic carbocycles. The van der Waals surface area contributed by atoms with E-state index in [2.05, 4.69) is 5.32 Å². The molecule has 1 saturated heterocycles. The van der Waals surface area contributed by atoms with Gasteiger partial charge >= 0.3 is 0 Å². The van der Waals surface area contributed by atoms with Gasteiger partial charge in [0.2, 0.25) is 5.91 Å². The first kappa shape index (κ1) is 12.9. The van der Waals surface area contributed by atoms with Gasteiger partial charge < -0.3 is 15.3 Å². The number of aliphatic hydroxyl groups is 1. The number of anilines is 1. The molecule has 2 N–H and O–H groups in total. The zero-order chi connectivity index (χ0) is 13.3. The number of piperazine rings is 1. The van der Waals surface area contributed by atoms with Crippen LogP contribution in [-0.2, 0) is 4.79 Å². The van der Waals surface area contributed by atoms with Gasteiger partial charge in [-0.05, 0) is 32.4 Å². The molecule has 4 heteroatoms. The minimum absolute atomic E-state index is 0.114. The average molecular weight is 248 g/mol. The maximum atomic E-state index is 12.0. The van der Waals surface area contributed by atoms with E-state index in [-0.39, 0.29) is 18.1 Å². The van der Waals surface area contributed by atoms with E-state index in [1.54, 1.807) is 0 Å². The number of hydrogen-bond donors (Lipinski definition) is 2. The fourth-order valence-electron chi connectivity index (χ4n) is 2.45. The summed E-state index contributed by atoms with van der Waals surface area (Å²) in [5.74, 6) is -0.114. The number of carbonyl (C=O) groups excluding carboxylic acids is 1. The maximum absolute atomic E-state index is 12.0. The Morgan fingerprint density at radius 2 is 2.11 bits per heavy atom. The smallest absolute Gasteiger partial charge is 0.245 e. The van der Waals surface area contributed by atoms with Crippen LogP contribution in [0.3, 0.4) is 0 Å². The highest BCUT2D eigenvalue weighted by atomic mass is 16.3. The van der Waals surface area contributed by atoms with Crippen molar-refractivity contribution in [3.8, 4) is 0 Å². The Labute approximate surface area is 108 Å². The van der Waals surface area contributed by atoms with Crippen molar-refractivity contribution in [2.45, 2.75) is 32.4 Å². The third kappa shape index (κ3) is 2.34. The molecule has 0 aromatic heterocycles. The molecule has 98 valence electrons. The molecule has 1 unspecified atom stereocenters. The van der Waals surface area contributed by atoms with Gasteiger partial charge in [0, 0.05) is 12.2 Å². The molecule has 1 heterocycles. The minimum Gasteiger partial charge on any atom is -0.394 e. The molecule has 1 aliphatic heterocycles. The van der Waals surface area contributed by atoms with Crippen LogP contribution in [0.15, 0.2) is 24.3 Å². The molecule has 0 spiro atoms. The summed E-state index contributed by atoms with van der Waals surface area (Å²) in [6.45, 7) is 6.52. The fraction of sp³-hybridized carbons (Fsp3) is 0.500. The molecule has 18 heavy (non-hydrogen) atoms. The maximum Gasteiger partial charge on any atom is 0.245 e.